The number of amides is 2. The van der Waals surface area contributed by atoms with Crippen LogP contribution in [0.2, 0.25) is 0 Å². The molecule has 0 atom stereocenters. The van der Waals surface area contributed by atoms with Crippen molar-refractivity contribution in [1.82, 2.24) is 9.80 Å². The van der Waals surface area contributed by atoms with Gasteiger partial charge >= 0.3 is 0 Å². The molecule has 0 aromatic carbocycles. The number of fused-ring (bicyclic) bond motifs is 2. The van der Waals surface area contributed by atoms with Crippen molar-refractivity contribution in [3.63, 3.8) is 0 Å². The van der Waals surface area contributed by atoms with Crippen molar-refractivity contribution in [1.29, 1.82) is 0 Å². The summed E-state index contributed by atoms with van der Waals surface area (Å²) < 4.78 is 23.1. The SMILES string of the molecule is CC(=O)N1CCOCCN(C(C)=O)Cc2sccc2OCCOCCOc2ccsc2C1. The van der Waals surface area contributed by atoms with Gasteiger partial charge in [-0.15, -0.1) is 22.7 Å². The van der Waals surface area contributed by atoms with Gasteiger partial charge in [0.15, 0.2) is 0 Å². The molecule has 32 heavy (non-hydrogen) atoms. The topological polar surface area (TPSA) is 77.5 Å². The lowest BCUT2D eigenvalue weighted by atomic mass is 10.3. The van der Waals surface area contributed by atoms with Crippen LogP contribution in [0, 0.1) is 0 Å². The molecule has 3 rings (SSSR count). The van der Waals surface area contributed by atoms with Gasteiger partial charge in [0, 0.05) is 26.9 Å². The van der Waals surface area contributed by atoms with Crippen LogP contribution in [-0.4, -0.2) is 74.3 Å². The molecule has 1 aliphatic heterocycles. The summed E-state index contributed by atoms with van der Waals surface area (Å²) in [6.45, 7) is 7.52. The van der Waals surface area contributed by atoms with Crippen molar-refractivity contribution in [3.05, 3.63) is 32.6 Å². The van der Waals surface area contributed by atoms with Crippen LogP contribution in [0.4, 0.5) is 0 Å². The summed E-state index contributed by atoms with van der Waals surface area (Å²) in [5.74, 6) is 1.51. The first-order valence-electron chi connectivity index (χ1n) is 10.6. The van der Waals surface area contributed by atoms with Gasteiger partial charge in [-0.05, 0) is 22.9 Å². The first kappa shape index (κ1) is 24.5. The smallest absolute Gasteiger partial charge is 0.219 e. The van der Waals surface area contributed by atoms with Crippen LogP contribution in [0.3, 0.4) is 0 Å². The van der Waals surface area contributed by atoms with Crippen LogP contribution in [0.15, 0.2) is 22.9 Å². The average Bonchev–Trinajstić information content (AvgIpc) is 3.39. The molecule has 0 radical (unpaired) electrons. The molecule has 0 saturated carbocycles. The van der Waals surface area contributed by atoms with Gasteiger partial charge < -0.3 is 28.7 Å². The Morgan fingerprint density at radius 3 is 1.59 bits per heavy atom. The Hall–Kier alpha value is -2.14. The zero-order valence-electron chi connectivity index (χ0n) is 18.5. The van der Waals surface area contributed by atoms with E-state index in [0.717, 1.165) is 21.3 Å². The fraction of sp³-hybridized carbons (Fsp3) is 0.545. The highest BCUT2D eigenvalue weighted by molar-refractivity contribution is 7.10. The summed E-state index contributed by atoms with van der Waals surface area (Å²) in [6, 6.07) is 3.83. The van der Waals surface area contributed by atoms with E-state index in [4.69, 9.17) is 18.9 Å². The van der Waals surface area contributed by atoms with Crippen LogP contribution >= 0.6 is 22.7 Å². The molecule has 0 N–H and O–H groups in total. The minimum atomic E-state index is -0.0194. The maximum atomic E-state index is 12.1. The van der Waals surface area contributed by atoms with E-state index in [0.29, 0.717) is 65.8 Å². The number of rotatable bonds is 0. The van der Waals surface area contributed by atoms with Crippen LogP contribution in [0.5, 0.6) is 11.5 Å². The highest BCUT2D eigenvalue weighted by Gasteiger charge is 2.16. The lowest BCUT2D eigenvalue weighted by Crippen LogP contribution is -2.34. The Morgan fingerprint density at radius 2 is 1.16 bits per heavy atom. The van der Waals surface area contributed by atoms with Crippen molar-refractivity contribution >= 4 is 34.5 Å². The second kappa shape index (κ2) is 12.8. The van der Waals surface area contributed by atoms with Gasteiger partial charge in [-0.1, -0.05) is 0 Å². The molecule has 1 aliphatic rings. The maximum Gasteiger partial charge on any atom is 0.219 e. The fourth-order valence-corrected chi connectivity index (χ4v) is 4.82. The minimum Gasteiger partial charge on any atom is -0.490 e. The standard InChI is InChI=1S/C22H30N2O6S2/c1-17(25)23-5-7-27-8-6-24(18(2)26)16-22-20(4-14-32-22)30-12-10-28-9-11-29-19-3-13-31-21(19)15-23/h3-4,13-14H,5-12,15-16H2,1-2H3. The number of ether oxygens (including phenoxy) is 4. The van der Waals surface area contributed by atoms with Gasteiger partial charge in [0.2, 0.25) is 11.8 Å². The van der Waals surface area contributed by atoms with Gasteiger partial charge in [0.25, 0.3) is 0 Å². The lowest BCUT2D eigenvalue weighted by Gasteiger charge is -2.23. The number of thiophene rings is 2. The molecule has 2 amide bonds. The number of hydrogen-bond acceptors (Lipinski definition) is 8. The van der Waals surface area contributed by atoms with Gasteiger partial charge in [-0.2, -0.15) is 0 Å². The molecule has 0 saturated heterocycles. The predicted molar refractivity (Wildman–Crippen MR) is 123 cm³/mol. The Morgan fingerprint density at radius 1 is 0.719 bits per heavy atom. The third-order valence-electron chi connectivity index (χ3n) is 4.95. The second-order valence-electron chi connectivity index (χ2n) is 7.22. The van der Waals surface area contributed by atoms with E-state index in [9.17, 15) is 9.59 Å². The molecule has 3 heterocycles. The minimum absolute atomic E-state index is 0.0194. The van der Waals surface area contributed by atoms with E-state index in [1.165, 1.54) is 0 Å². The van der Waals surface area contributed by atoms with E-state index in [2.05, 4.69) is 0 Å². The molecule has 2 aromatic rings. The van der Waals surface area contributed by atoms with Crippen LogP contribution < -0.4 is 9.47 Å². The number of hydrogen-bond donors (Lipinski definition) is 0. The largest absolute Gasteiger partial charge is 0.490 e. The van der Waals surface area contributed by atoms with E-state index >= 15 is 0 Å². The van der Waals surface area contributed by atoms with E-state index in [1.807, 2.05) is 22.9 Å². The third-order valence-corrected chi connectivity index (χ3v) is 6.72. The molecule has 0 unspecified atom stereocenters. The Bertz CT molecular complexity index is 800. The average molecular weight is 483 g/mol. The molecule has 10 heteroatoms. The molecule has 176 valence electrons. The van der Waals surface area contributed by atoms with Crippen molar-refractivity contribution in [3.8, 4) is 11.5 Å². The first-order valence-corrected chi connectivity index (χ1v) is 12.4. The molecule has 0 aliphatic carbocycles. The molecule has 0 fully saturated rings. The zero-order chi connectivity index (χ0) is 22.8. The zero-order valence-corrected chi connectivity index (χ0v) is 20.2. The summed E-state index contributed by atoms with van der Waals surface area (Å²) in [4.78, 5) is 29.7. The number of nitrogens with zero attached hydrogens (tertiary/aromatic N) is 2. The summed E-state index contributed by atoms with van der Waals surface area (Å²) in [6.07, 6.45) is 0. The summed E-state index contributed by atoms with van der Waals surface area (Å²) in [7, 11) is 0. The fourth-order valence-electron chi connectivity index (χ4n) is 3.16. The highest BCUT2D eigenvalue weighted by Crippen LogP contribution is 2.27. The van der Waals surface area contributed by atoms with Crippen molar-refractivity contribution < 1.29 is 28.5 Å². The number of carbonyl (C=O) groups excluding carboxylic acids is 2. The van der Waals surface area contributed by atoms with Crippen molar-refractivity contribution in [2.75, 3.05) is 52.7 Å². The first-order chi connectivity index (χ1) is 15.5. The molecule has 2 aromatic heterocycles. The third kappa shape index (κ3) is 7.47. The van der Waals surface area contributed by atoms with E-state index < -0.39 is 0 Å². The van der Waals surface area contributed by atoms with Crippen LogP contribution in [0.25, 0.3) is 0 Å². The second-order valence-corrected chi connectivity index (χ2v) is 9.22. The Balaban J connectivity index is 1.65. The van der Waals surface area contributed by atoms with E-state index in [1.54, 1.807) is 46.3 Å². The van der Waals surface area contributed by atoms with Gasteiger partial charge in [0.05, 0.1) is 49.3 Å². The lowest BCUT2D eigenvalue weighted by molar-refractivity contribution is -0.130. The van der Waals surface area contributed by atoms with E-state index in [-0.39, 0.29) is 11.8 Å². The van der Waals surface area contributed by atoms with Gasteiger partial charge in [-0.3, -0.25) is 9.59 Å². The predicted octanol–water partition coefficient (Wildman–Crippen LogP) is 3.01. The molecular weight excluding hydrogens is 452 g/mol. The van der Waals surface area contributed by atoms with Crippen LogP contribution in [0.1, 0.15) is 23.6 Å². The quantitative estimate of drug-likeness (QED) is 0.575. The number of carbonyl (C=O) groups is 2. The summed E-state index contributed by atoms with van der Waals surface area (Å²) in [5.41, 5.74) is 0. The monoisotopic (exact) mass is 482 g/mol. The van der Waals surface area contributed by atoms with Crippen molar-refractivity contribution in [2.24, 2.45) is 0 Å². The molecule has 0 spiro atoms. The molecular formula is C22H30N2O6S2. The van der Waals surface area contributed by atoms with Crippen molar-refractivity contribution in [2.45, 2.75) is 26.9 Å². The summed E-state index contributed by atoms with van der Waals surface area (Å²) >= 11 is 3.12. The van der Waals surface area contributed by atoms with Gasteiger partial charge in [0.1, 0.15) is 24.7 Å². The Kier molecular flexibility index (Phi) is 9.79. The van der Waals surface area contributed by atoms with Crippen LogP contribution in [-0.2, 0) is 32.2 Å². The normalized spacial score (nSPS) is 17.4. The Labute approximate surface area is 196 Å². The summed E-state index contributed by atoms with van der Waals surface area (Å²) in [5, 5.41) is 3.91. The molecule has 0 bridgehead atoms. The maximum absolute atomic E-state index is 12.1. The molecule has 8 nitrogen and oxygen atoms in total. The van der Waals surface area contributed by atoms with Gasteiger partial charge in [-0.25, -0.2) is 0 Å². The highest BCUT2D eigenvalue weighted by atomic mass is 32.1.